The van der Waals surface area contributed by atoms with Gasteiger partial charge >= 0.3 is 5.69 Å². The van der Waals surface area contributed by atoms with Crippen LogP contribution < -0.4 is 0 Å². The quantitative estimate of drug-likeness (QED) is 0.472. The molecule has 0 spiro atoms. The number of rotatable bonds is 2. The van der Waals surface area contributed by atoms with E-state index in [0.717, 1.165) is 0 Å². The summed E-state index contributed by atoms with van der Waals surface area (Å²) in [6.45, 7) is 1.64. The Bertz CT molecular complexity index is 631. The molecule has 92 valence electrons. The zero-order valence-electron chi connectivity index (χ0n) is 9.35. The van der Waals surface area contributed by atoms with E-state index in [2.05, 4.69) is 4.98 Å². The summed E-state index contributed by atoms with van der Waals surface area (Å²) in [5, 5.41) is 10.8. The van der Waals surface area contributed by atoms with Gasteiger partial charge in [-0.15, -0.1) is 0 Å². The van der Waals surface area contributed by atoms with E-state index in [9.17, 15) is 14.5 Å². The number of pyridine rings is 1. The average molecular weight is 267 g/mol. The molecule has 0 unspecified atom stereocenters. The van der Waals surface area contributed by atoms with Crippen molar-refractivity contribution >= 4 is 17.3 Å². The van der Waals surface area contributed by atoms with Crippen molar-refractivity contribution in [1.82, 2.24) is 4.98 Å². The van der Waals surface area contributed by atoms with Gasteiger partial charge in [-0.1, -0.05) is 29.8 Å². The Labute approximate surface area is 107 Å². The van der Waals surface area contributed by atoms with Crippen LogP contribution in [0.25, 0.3) is 11.1 Å². The minimum atomic E-state index is -0.656. The van der Waals surface area contributed by atoms with Crippen LogP contribution in [-0.2, 0) is 0 Å². The number of hydrogen-bond acceptors (Lipinski definition) is 3. The summed E-state index contributed by atoms with van der Waals surface area (Å²) in [4.78, 5) is 14.2. The Hall–Kier alpha value is -2.01. The molecule has 6 heteroatoms. The predicted molar refractivity (Wildman–Crippen MR) is 66.0 cm³/mol. The van der Waals surface area contributed by atoms with Crippen molar-refractivity contribution < 1.29 is 9.31 Å². The summed E-state index contributed by atoms with van der Waals surface area (Å²) in [7, 11) is 0. The second-order valence-electron chi connectivity index (χ2n) is 3.69. The molecule has 0 fully saturated rings. The number of aromatic nitrogens is 1. The molecule has 18 heavy (non-hydrogen) atoms. The highest BCUT2D eigenvalue weighted by atomic mass is 35.5. The lowest BCUT2D eigenvalue weighted by molar-refractivity contribution is -0.384. The molecule has 1 heterocycles. The molecule has 4 nitrogen and oxygen atoms in total. The van der Waals surface area contributed by atoms with Gasteiger partial charge in [-0.05, 0) is 19.1 Å². The van der Waals surface area contributed by atoms with Crippen LogP contribution in [0.2, 0.25) is 5.15 Å². The van der Waals surface area contributed by atoms with E-state index >= 15 is 0 Å². The van der Waals surface area contributed by atoms with E-state index in [-0.39, 0.29) is 22.0 Å². The summed E-state index contributed by atoms with van der Waals surface area (Å²) in [5.41, 5.74) is 0.378. The summed E-state index contributed by atoms with van der Waals surface area (Å²) in [6, 6.07) is 7.27. The Morgan fingerprint density at radius 3 is 2.61 bits per heavy atom. The molecular formula is C12H8ClFN2O2. The van der Waals surface area contributed by atoms with E-state index in [1.54, 1.807) is 13.0 Å². The number of nitrogens with zero attached hydrogens (tertiary/aromatic N) is 2. The molecule has 1 aromatic carbocycles. The third kappa shape index (κ3) is 2.17. The van der Waals surface area contributed by atoms with Gasteiger partial charge in [0, 0.05) is 11.3 Å². The minimum absolute atomic E-state index is 0.135. The van der Waals surface area contributed by atoms with Gasteiger partial charge in [0.15, 0.2) is 0 Å². The molecule has 0 aliphatic heterocycles. The molecule has 0 aliphatic carbocycles. The average Bonchev–Trinajstić information content (AvgIpc) is 2.27. The van der Waals surface area contributed by atoms with Gasteiger partial charge in [0.25, 0.3) is 0 Å². The van der Waals surface area contributed by atoms with Crippen molar-refractivity contribution in [3.63, 3.8) is 0 Å². The standard InChI is InChI=1S/C12H8ClFN2O2/c1-7-6-9(8-4-2-3-5-10(8)14)11(16(17)18)12(13)15-7/h2-6H,1H3. The maximum Gasteiger partial charge on any atom is 0.314 e. The highest BCUT2D eigenvalue weighted by Crippen LogP contribution is 2.36. The zero-order valence-corrected chi connectivity index (χ0v) is 10.1. The minimum Gasteiger partial charge on any atom is -0.258 e. The molecule has 0 bridgehead atoms. The first-order chi connectivity index (χ1) is 8.50. The molecule has 0 N–H and O–H groups in total. The normalized spacial score (nSPS) is 10.4. The van der Waals surface area contributed by atoms with Gasteiger partial charge in [-0.3, -0.25) is 10.1 Å². The fourth-order valence-electron chi connectivity index (χ4n) is 1.69. The summed E-state index contributed by atoms with van der Waals surface area (Å²) in [5.74, 6) is -0.540. The van der Waals surface area contributed by atoms with Crippen LogP contribution in [0.3, 0.4) is 0 Å². The Morgan fingerprint density at radius 1 is 1.33 bits per heavy atom. The lowest BCUT2D eigenvalue weighted by Crippen LogP contribution is -1.98. The molecule has 0 saturated heterocycles. The van der Waals surface area contributed by atoms with Gasteiger partial charge in [0.1, 0.15) is 5.82 Å². The lowest BCUT2D eigenvalue weighted by atomic mass is 10.0. The number of nitro groups is 1. The van der Waals surface area contributed by atoms with Crippen LogP contribution in [0.1, 0.15) is 5.69 Å². The van der Waals surface area contributed by atoms with Crippen molar-refractivity contribution in [2.24, 2.45) is 0 Å². The first-order valence-electron chi connectivity index (χ1n) is 5.07. The highest BCUT2D eigenvalue weighted by Gasteiger charge is 2.23. The van der Waals surface area contributed by atoms with E-state index in [0.29, 0.717) is 5.69 Å². The third-order valence-corrected chi connectivity index (χ3v) is 2.69. The Balaban J connectivity index is 2.78. The van der Waals surface area contributed by atoms with Crippen LogP contribution in [0, 0.1) is 22.9 Å². The van der Waals surface area contributed by atoms with Crippen LogP contribution in [0.5, 0.6) is 0 Å². The smallest absolute Gasteiger partial charge is 0.258 e. The second kappa shape index (κ2) is 4.70. The summed E-state index contributed by atoms with van der Waals surface area (Å²) < 4.78 is 13.7. The number of benzene rings is 1. The maximum absolute atomic E-state index is 13.7. The highest BCUT2D eigenvalue weighted by molar-refractivity contribution is 6.32. The van der Waals surface area contributed by atoms with Gasteiger partial charge in [0.05, 0.1) is 10.5 Å². The van der Waals surface area contributed by atoms with E-state index in [4.69, 9.17) is 11.6 Å². The summed E-state index contributed by atoms with van der Waals surface area (Å²) >= 11 is 5.76. The lowest BCUT2D eigenvalue weighted by Gasteiger charge is -2.06. The van der Waals surface area contributed by atoms with E-state index in [1.165, 1.54) is 24.3 Å². The molecule has 2 aromatic rings. The molecule has 0 radical (unpaired) electrons. The maximum atomic E-state index is 13.7. The molecule has 1 aromatic heterocycles. The largest absolute Gasteiger partial charge is 0.314 e. The second-order valence-corrected chi connectivity index (χ2v) is 4.05. The van der Waals surface area contributed by atoms with Crippen LogP contribution in [-0.4, -0.2) is 9.91 Å². The monoisotopic (exact) mass is 266 g/mol. The first kappa shape index (κ1) is 12.4. The molecule has 2 rings (SSSR count). The van der Waals surface area contributed by atoms with Crippen molar-refractivity contribution in [3.05, 3.63) is 57.1 Å². The molecule has 0 aliphatic rings. The number of halogens is 2. The third-order valence-electron chi connectivity index (χ3n) is 2.42. The van der Waals surface area contributed by atoms with Gasteiger partial charge in [-0.25, -0.2) is 9.37 Å². The molecule has 0 amide bonds. The predicted octanol–water partition coefficient (Wildman–Crippen LogP) is 3.76. The SMILES string of the molecule is Cc1cc(-c2ccccc2F)c([N+](=O)[O-])c(Cl)n1. The Kier molecular flexibility index (Phi) is 3.25. The Morgan fingerprint density at radius 2 is 2.00 bits per heavy atom. The van der Waals surface area contributed by atoms with Crippen molar-refractivity contribution in [2.45, 2.75) is 6.92 Å². The van der Waals surface area contributed by atoms with Crippen molar-refractivity contribution in [3.8, 4) is 11.1 Å². The molecule has 0 saturated carbocycles. The topological polar surface area (TPSA) is 56.0 Å². The summed E-state index contributed by atoms with van der Waals surface area (Å²) in [6.07, 6.45) is 0. The van der Waals surface area contributed by atoms with Crippen molar-refractivity contribution in [2.75, 3.05) is 0 Å². The fraction of sp³-hybridized carbons (Fsp3) is 0.0833. The van der Waals surface area contributed by atoms with E-state index < -0.39 is 10.7 Å². The number of aryl methyl sites for hydroxylation is 1. The van der Waals surface area contributed by atoms with Crippen LogP contribution >= 0.6 is 11.6 Å². The van der Waals surface area contributed by atoms with Crippen LogP contribution in [0.4, 0.5) is 10.1 Å². The van der Waals surface area contributed by atoms with Gasteiger partial charge < -0.3 is 0 Å². The van der Waals surface area contributed by atoms with Gasteiger partial charge in [-0.2, -0.15) is 0 Å². The fourth-order valence-corrected chi connectivity index (χ4v) is 1.99. The van der Waals surface area contributed by atoms with Crippen LogP contribution in [0.15, 0.2) is 30.3 Å². The zero-order chi connectivity index (χ0) is 13.3. The van der Waals surface area contributed by atoms with E-state index in [1.807, 2.05) is 0 Å². The molecule has 0 atom stereocenters. The molecular weight excluding hydrogens is 259 g/mol. The first-order valence-corrected chi connectivity index (χ1v) is 5.45. The van der Waals surface area contributed by atoms with Gasteiger partial charge in [0.2, 0.25) is 5.15 Å². The number of hydrogen-bond donors (Lipinski definition) is 0. The van der Waals surface area contributed by atoms with Crippen molar-refractivity contribution in [1.29, 1.82) is 0 Å².